The molecule has 0 fully saturated rings. The second kappa shape index (κ2) is 7.06. The van der Waals surface area contributed by atoms with Gasteiger partial charge in [0.25, 0.3) is 0 Å². The highest BCUT2D eigenvalue weighted by atomic mass is 16.5. The Morgan fingerprint density at radius 3 is 2.85 bits per heavy atom. The van der Waals surface area contributed by atoms with Crippen LogP contribution in [0, 0.1) is 0 Å². The summed E-state index contributed by atoms with van der Waals surface area (Å²) < 4.78 is 11.2. The highest BCUT2D eigenvalue weighted by Crippen LogP contribution is 2.33. The first kappa shape index (κ1) is 18.1. The lowest BCUT2D eigenvalue weighted by Crippen LogP contribution is -2.32. The van der Waals surface area contributed by atoms with Gasteiger partial charge in [0.15, 0.2) is 0 Å². The Morgan fingerprint density at radius 1 is 1.26 bits per heavy atom. The summed E-state index contributed by atoms with van der Waals surface area (Å²) in [4.78, 5) is 3.63. The van der Waals surface area contributed by atoms with Gasteiger partial charge in [-0.25, -0.2) is 0 Å². The van der Waals surface area contributed by atoms with Crippen LogP contribution in [-0.4, -0.2) is 37.9 Å². The van der Waals surface area contributed by atoms with Crippen molar-refractivity contribution >= 4 is 16.6 Å². The molecule has 27 heavy (non-hydrogen) atoms. The zero-order valence-corrected chi connectivity index (χ0v) is 16.6. The molecule has 3 N–H and O–H groups in total. The van der Waals surface area contributed by atoms with Crippen LogP contribution in [0.25, 0.3) is 10.9 Å². The van der Waals surface area contributed by atoms with E-state index >= 15 is 0 Å². The second-order valence-electron chi connectivity index (χ2n) is 7.71. The number of aryl methyl sites for hydroxylation is 1. The smallest absolute Gasteiger partial charge is 0.129 e. The van der Waals surface area contributed by atoms with Crippen molar-refractivity contribution in [3.63, 3.8) is 0 Å². The molecule has 5 nitrogen and oxygen atoms in total. The fourth-order valence-electron chi connectivity index (χ4n) is 4.22. The molecule has 0 aliphatic heterocycles. The second-order valence-corrected chi connectivity index (χ2v) is 7.71. The van der Waals surface area contributed by atoms with E-state index in [0.717, 1.165) is 36.4 Å². The largest absolute Gasteiger partial charge is 0.498 e. The maximum Gasteiger partial charge on any atom is 0.129 e. The number of H-pyrrole nitrogens is 1. The Kier molecular flexibility index (Phi) is 4.74. The molecule has 2 aliphatic carbocycles. The monoisotopic (exact) mass is 367 g/mol. The maximum absolute atomic E-state index is 5.63. The van der Waals surface area contributed by atoms with Gasteiger partial charge in [-0.2, -0.15) is 0 Å². The minimum atomic E-state index is -0.397. The van der Waals surface area contributed by atoms with Gasteiger partial charge in [0, 0.05) is 53.6 Å². The van der Waals surface area contributed by atoms with Crippen LogP contribution < -0.4 is 10.6 Å². The van der Waals surface area contributed by atoms with Crippen molar-refractivity contribution in [2.75, 3.05) is 26.6 Å². The predicted molar refractivity (Wildman–Crippen MR) is 110 cm³/mol. The van der Waals surface area contributed by atoms with Gasteiger partial charge in [-0.1, -0.05) is 12.1 Å². The summed E-state index contributed by atoms with van der Waals surface area (Å²) in [6.07, 6.45) is 8.35. The quantitative estimate of drug-likeness (QED) is 0.751. The Morgan fingerprint density at radius 2 is 2.11 bits per heavy atom. The number of likely N-dealkylation sites (N-methyl/N-ethyl adjacent to an activating group) is 1. The van der Waals surface area contributed by atoms with Crippen LogP contribution in [0.1, 0.15) is 31.0 Å². The first-order valence-electron chi connectivity index (χ1n) is 9.65. The van der Waals surface area contributed by atoms with E-state index in [4.69, 9.17) is 9.47 Å². The molecule has 0 amide bonds. The molecular formula is C22H29N3O2. The highest BCUT2D eigenvalue weighted by molar-refractivity contribution is 5.88. The zero-order chi connectivity index (χ0) is 19.0. The Bertz CT molecular complexity index is 912. The molecule has 144 valence electrons. The van der Waals surface area contributed by atoms with Crippen LogP contribution in [-0.2, 0) is 22.3 Å². The summed E-state index contributed by atoms with van der Waals surface area (Å²) in [5.74, 6) is 0.838. The minimum Gasteiger partial charge on any atom is -0.498 e. The van der Waals surface area contributed by atoms with E-state index in [1.807, 2.05) is 13.0 Å². The van der Waals surface area contributed by atoms with Gasteiger partial charge in [-0.15, -0.1) is 0 Å². The average Bonchev–Trinajstić information content (AvgIpc) is 3.06. The minimum absolute atomic E-state index is 0.397. The molecule has 0 saturated carbocycles. The van der Waals surface area contributed by atoms with Crippen molar-refractivity contribution in [1.82, 2.24) is 10.3 Å². The summed E-state index contributed by atoms with van der Waals surface area (Å²) in [7, 11) is 5.47. The molecule has 0 radical (unpaired) electrons. The van der Waals surface area contributed by atoms with Crippen molar-refractivity contribution < 1.29 is 9.47 Å². The van der Waals surface area contributed by atoms with Crippen molar-refractivity contribution in [3.8, 4) is 0 Å². The Balaban J connectivity index is 1.58. The number of benzene rings is 1. The van der Waals surface area contributed by atoms with Crippen LogP contribution in [0.4, 0.5) is 5.69 Å². The standard InChI is InChI=1S/C22H29N3O2/c1-22(27-4)10-9-16(13-21(22)26-3)24-15-5-7-17-18-11-14(23-2)6-8-19(18)25-20(17)12-15/h5,7,9,12-14,23-25H,6,8,10-11H2,1-4H3. The maximum atomic E-state index is 5.63. The van der Waals surface area contributed by atoms with Gasteiger partial charge in [0.1, 0.15) is 11.4 Å². The van der Waals surface area contributed by atoms with E-state index in [1.165, 1.54) is 28.6 Å². The lowest BCUT2D eigenvalue weighted by Gasteiger charge is -2.32. The van der Waals surface area contributed by atoms with Crippen LogP contribution >= 0.6 is 0 Å². The predicted octanol–water partition coefficient (Wildman–Crippen LogP) is 3.88. The lowest BCUT2D eigenvalue weighted by atomic mass is 9.91. The molecule has 0 spiro atoms. The van der Waals surface area contributed by atoms with E-state index in [9.17, 15) is 0 Å². The number of fused-ring (bicyclic) bond motifs is 3. The average molecular weight is 367 g/mol. The van der Waals surface area contributed by atoms with Gasteiger partial charge < -0.3 is 25.1 Å². The fraction of sp³-hybridized carbons (Fsp3) is 0.455. The first-order valence-corrected chi connectivity index (χ1v) is 9.65. The number of ether oxygens (including phenoxy) is 2. The summed E-state index contributed by atoms with van der Waals surface area (Å²) >= 11 is 0. The van der Waals surface area contributed by atoms with Crippen LogP contribution in [0.3, 0.4) is 0 Å². The molecule has 2 aliphatic rings. The lowest BCUT2D eigenvalue weighted by molar-refractivity contribution is -0.00413. The molecule has 1 aromatic heterocycles. The number of allylic oxidation sites excluding steroid dienone is 1. The fourth-order valence-corrected chi connectivity index (χ4v) is 4.22. The van der Waals surface area contributed by atoms with E-state index in [-0.39, 0.29) is 0 Å². The topological polar surface area (TPSA) is 58.3 Å². The molecule has 2 unspecified atom stereocenters. The summed E-state index contributed by atoms with van der Waals surface area (Å²) in [6, 6.07) is 7.17. The number of aromatic amines is 1. The molecule has 1 heterocycles. The molecule has 4 rings (SSSR count). The number of aromatic nitrogens is 1. The van der Waals surface area contributed by atoms with E-state index in [2.05, 4.69) is 46.9 Å². The van der Waals surface area contributed by atoms with E-state index in [0.29, 0.717) is 6.04 Å². The molecule has 5 heteroatoms. The number of hydrogen-bond donors (Lipinski definition) is 3. The normalized spacial score (nSPS) is 25.0. The van der Waals surface area contributed by atoms with Gasteiger partial charge in [-0.3, -0.25) is 0 Å². The third kappa shape index (κ3) is 3.26. The third-order valence-electron chi connectivity index (χ3n) is 6.07. The molecule has 0 saturated heterocycles. The van der Waals surface area contributed by atoms with Gasteiger partial charge in [0.05, 0.1) is 7.11 Å². The number of nitrogens with one attached hydrogen (secondary N) is 3. The number of anilines is 1. The summed E-state index contributed by atoms with van der Waals surface area (Å²) in [6.45, 7) is 2.05. The highest BCUT2D eigenvalue weighted by Gasteiger charge is 2.32. The summed E-state index contributed by atoms with van der Waals surface area (Å²) in [5.41, 5.74) is 5.78. The van der Waals surface area contributed by atoms with Crippen molar-refractivity contribution in [1.29, 1.82) is 0 Å². The molecule has 1 aromatic carbocycles. The van der Waals surface area contributed by atoms with Crippen molar-refractivity contribution in [3.05, 3.63) is 53.1 Å². The number of methoxy groups -OCH3 is 2. The first-order chi connectivity index (χ1) is 13.1. The van der Waals surface area contributed by atoms with Crippen molar-refractivity contribution in [2.45, 2.75) is 44.2 Å². The van der Waals surface area contributed by atoms with E-state index < -0.39 is 5.60 Å². The molecule has 2 aromatic rings. The SMILES string of the molecule is CNC1CCc2[nH]c3cc(NC4=CCC(C)(OC)C(OC)=C4)ccc3c2C1. The van der Waals surface area contributed by atoms with Crippen molar-refractivity contribution in [2.24, 2.45) is 0 Å². The Hall–Kier alpha value is -2.24. The van der Waals surface area contributed by atoms with Crippen LogP contribution in [0.15, 0.2) is 41.8 Å². The molecular weight excluding hydrogens is 338 g/mol. The number of rotatable bonds is 5. The molecule has 2 atom stereocenters. The van der Waals surface area contributed by atoms with Crippen LogP contribution in [0.5, 0.6) is 0 Å². The van der Waals surface area contributed by atoms with Crippen LogP contribution in [0.2, 0.25) is 0 Å². The number of hydrogen-bond acceptors (Lipinski definition) is 4. The zero-order valence-electron chi connectivity index (χ0n) is 16.6. The van der Waals surface area contributed by atoms with Gasteiger partial charge >= 0.3 is 0 Å². The molecule has 0 bridgehead atoms. The van der Waals surface area contributed by atoms with Gasteiger partial charge in [-0.05, 0) is 50.9 Å². The Labute approximate surface area is 160 Å². The van der Waals surface area contributed by atoms with E-state index in [1.54, 1.807) is 14.2 Å². The third-order valence-corrected chi connectivity index (χ3v) is 6.07. The van der Waals surface area contributed by atoms with Gasteiger partial charge in [0.2, 0.25) is 0 Å². The summed E-state index contributed by atoms with van der Waals surface area (Å²) in [5, 5.41) is 8.28.